The molecule has 0 aromatic carbocycles. The minimum Gasteiger partial charge on any atom is -0.308 e. The molecule has 2 heterocycles. The smallest absolute Gasteiger partial charge is 0.0802 e. The standard InChI is InChI=1S/C12H15N5/c1-8-6-10(9(2)17-16-8)12(13-3)11-7-14-4-5-15-11/h4-7,12-13H,1-3H3. The van der Waals surface area contributed by atoms with Crippen LogP contribution in [0, 0.1) is 13.8 Å². The van der Waals surface area contributed by atoms with Gasteiger partial charge in [0.05, 0.1) is 29.3 Å². The van der Waals surface area contributed by atoms with Crippen molar-refractivity contribution >= 4 is 0 Å². The number of nitrogens with one attached hydrogen (secondary N) is 1. The van der Waals surface area contributed by atoms with E-state index in [1.54, 1.807) is 18.6 Å². The summed E-state index contributed by atoms with van der Waals surface area (Å²) in [6.07, 6.45) is 5.12. The summed E-state index contributed by atoms with van der Waals surface area (Å²) in [6.45, 7) is 3.88. The molecule has 0 aliphatic rings. The van der Waals surface area contributed by atoms with E-state index < -0.39 is 0 Å². The highest BCUT2D eigenvalue weighted by Gasteiger charge is 2.16. The average molecular weight is 229 g/mol. The molecule has 2 aromatic heterocycles. The molecule has 0 aliphatic heterocycles. The second-order valence-electron chi connectivity index (χ2n) is 3.88. The van der Waals surface area contributed by atoms with E-state index in [1.807, 2.05) is 27.0 Å². The van der Waals surface area contributed by atoms with Crippen LogP contribution in [0.1, 0.15) is 28.7 Å². The maximum atomic E-state index is 4.32. The summed E-state index contributed by atoms with van der Waals surface area (Å²) in [7, 11) is 1.90. The normalized spacial score (nSPS) is 12.4. The van der Waals surface area contributed by atoms with Crippen molar-refractivity contribution in [2.45, 2.75) is 19.9 Å². The Bertz CT molecular complexity index is 498. The lowest BCUT2D eigenvalue weighted by molar-refractivity contribution is 0.653. The van der Waals surface area contributed by atoms with Crippen LogP contribution in [0.25, 0.3) is 0 Å². The first-order chi connectivity index (χ1) is 8.22. The predicted molar refractivity (Wildman–Crippen MR) is 64.4 cm³/mol. The second-order valence-corrected chi connectivity index (χ2v) is 3.88. The Labute approximate surface area is 100 Å². The van der Waals surface area contributed by atoms with Gasteiger partial charge >= 0.3 is 0 Å². The number of hydrogen-bond donors (Lipinski definition) is 1. The lowest BCUT2D eigenvalue weighted by Gasteiger charge is -2.17. The van der Waals surface area contributed by atoms with Gasteiger partial charge in [0.25, 0.3) is 0 Å². The van der Waals surface area contributed by atoms with E-state index in [4.69, 9.17) is 0 Å². The summed E-state index contributed by atoms with van der Waals surface area (Å²) in [5, 5.41) is 11.4. The van der Waals surface area contributed by atoms with Crippen LogP contribution in [0.2, 0.25) is 0 Å². The zero-order valence-corrected chi connectivity index (χ0v) is 10.2. The van der Waals surface area contributed by atoms with Gasteiger partial charge in [0, 0.05) is 18.0 Å². The summed E-state index contributed by atoms with van der Waals surface area (Å²) in [5.41, 5.74) is 3.77. The molecule has 1 unspecified atom stereocenters. The van der Waals surface area contributed by atoms with Crippen molar-refractivity contribution in [1.29, 1.82) is 0 Å². The summed E-state index contributed by atoms with van der Waals surface area (Å²) in [5.74, 6) is 0. The molecule has 5 heteroatoms. The molecule has 88 valence electrons. The Morgan fingerprint density at radius 3 is 2.65 bits per heavy atom. The fourth-order valence-corrected chi connectivity index (χ4v) is 1.78. The molecule has 1 N–H and O–H groups in total. The lowest BCUT2D eigenvalue weighted by Crippen LogP contribution is -2.21. The van der Waals surface area contributed by atoms with Crippen LogP contribution >= 0.6 is 0 Å². The van der Waals surface area contributed by atoms with Gasteiger partial charge in [0.15, 0.2) is 0 Å². The van der Waals surface area contributed by atoms with Gasteiger partial charge in [0.1, 0.15) is 0 Å². The van der Waals surface area contributed by atoms with Crippen molar-refractivity contribution in [2.75, 3.05) is 7.05 Å². The molecule has 0 spiro atoms. The van der Waals surface area contributed by atoms with Crippen LogP contribution < -0.4 is 5.32 Å². The summed E-state index contributed by atoms with van der Waals surface area (Å²) in [4.78, 5) is 8.42. The SMILES string of the molecule is CNC(c1cnccn1)c1cc(C)nnc1C. The molecule has 0 fully saturated rings. The molecular weight excluding hydrogens is 214 g/mol. The largest absolute Gasteiger partial charge is 0.308 e. The Balaban J connectivity index is 2.46. The molecule has 17 heavy (non-hydrogen) atoms. The van der Waals surface area contributed by atoms with Gasteiger partial charge < -0.3 is 5.32 Å². The van der Waals surface area contributed by atoms with Gasteiger partial charge in [0.2, 0.25) is 0 Å². The maximum Gasteiger partial charge on any atom is 0.0802 e. The third-order valence-electron chi connectivity index (χ3n) is 2.62. The van der Waals surface area contributed by atoms with Crippen molar-refractivity contribution < 1.29 is 0 Å². The molecule has 0 saturated heterocycles. The molecule has 0 amide bonds. The van der Waals surface area contributed by atoms with Gasteiger partial charge in [-0.25, -0.2) is 0 Å². The van der Waals surface area contributed by atoms with Crippen molar-refractivity contribution in [3.8, 4) is 0 Å². The van der Waals surface area contributed by atoms with E-state index in [-0.39, 0.29) is 6.04 Å². The molecule has 1 atom stereocenters. The summed E-state index contributed by atoms with van der Waals surface area (Å²) >= 11 is 0. The Morgan fingerprint density at radius 1 is 1.18 bits per heavy atom. The predicted octanol–water partition coefficient (Wildman–Crippen LogP) is 1.19. The molecule has 0 aliphatic carbocycles. The zero-order valence-electron chi connectivity index (χ0n) is 10.2. The van der Waals surface area contributed by atoms with Gasteiger partial charge in [-0.3, -0.25) is 9.97 Å². The fraction of sp³-hybridized carbons (Fsp3) is 0.333. The first kappa shape index (κ1) is 11.6. The third-order valence-corrected chi connectivity index (χ3v) is 2.62. The van der Waals surface area contributed by atoms with Crippen molar-refractivity contribution in [2.24, 2.45) is 0 Å². The molecule has 5 nitrogen and oxygen atoms in total. The summed E-state index contributed by atoms with van der Waals surface area (Å²) < 4.78 is 0. The molecular formula is C12H15N5. The van der Waals surface area contributed by atoms with E-state index in [2.05, 4.69) is 25.5 Å². The quantitative estimate of drug-likeness (QED) is 0.856. The highest BCUT2D eigenvalue weighted by Crippen LogP contribution is 2.21. The van der Waals surface area contributed by atoms with Crippen LogP contribution in [-0.2, 0) is 0 Å². The minimum atomic E-state index is -0.00194. The fourth-order valence-electron chi connectivity index (χ4n) is 1.78. The number of hydrogen-bond acceptors (Lipinski definition) is 5. The minimum absolute atomic E-state index is 0.00194. The van der Waals surface area contributed by atoms with Crippen LogP contribution in [-0.4, -0.2) is 27.2 Å². The first-order valence-corrected chi connectivity index (χ1v) is 5.46. The Hall–Kier alpha value is -1.88. The Morgan fingerprint density at radius 2 is 2.00 bits per heavy atom. The molecule has 2 rings (SSSR count). The Kier molecular flexibility index (Phi) is 3.39. The number of aryl methyl sites for hydroxylation is 2. The van der Waals surface area contributed by atoms with Crippen molar-refractivity contribution in [1.82, 2.24) is 25.5 Å². The van der Waals surface area contributed by atoms with Gasteiger partial charge in [-0.15, -0.1) is 0 Å². The number of aromatic nitrogens is 4. The number of nitrogens with zero attached hydrogens (tertiary/aromatic N) is 4. The van der Waals surface area contributed by atoms with Gasteiger partial charge in [-0.1, -0.05) is 0 Å². The van der Waals surface area contributed by atoms with E-state index in [1.165, 1.54) is 0 Å². The lowest BCUT2D eigenvalue weighted by atomic mass is 10.0. The number of rotatable bonds is 3. The molecule has 0 radical (unpaired) electrons. The monoisotopic (exact) mass is 229 g/mol. The third kappa shape index (κ3) is 2.45. The first-order valence-electron chi connectivity index (χ1n) is 5.46. The second kappa shape index (κ2) is 4.97. The van der Waals surface area contributed by atoms with Gasteiger partial charge in [-0.2, -0.15) is 10.2 Å². The van der Waals surface area contributed by atoms with Crippen LogP contribution in [0.3, 0.4) is 0 Å². The van der Waals surface area contributed by atoms with Crippen LogP contribution in [0.15, 0.2) is 24.7 Å². The van der Waals surface area contributed by atoms with E-state index in [0.717, 1.165) is 22.6 Å². The van der Waals surface area contributed by atoms with E-state index in [0.29, 0.717) is 0 Å². The highest BCUT2D eigenvalue weighted by molar-refractivity contribution is 5.29. The van der Waals surface area contributed by atoms with Gasteiger partial charge in [-0.05, 0) is 27.0 Å². The summed E-state index contributed by atoms with van der Waals surface area (Å²) in [6, 6.07) is 2.02. The van der Waals surface area contributed by atoms with E-state index in [9.17, 15) is 0 Å². The average Bonchev–Trinajstić information content (AvgIpc) is 2.36. The van der Waals surface area contributed by atoms with Crippen molar-refractivity contribution in [3.05, 3.63) is 47.3 Å². The molecule has 0 saturated carbocycles. The highest BCUT2D eigenvalue weighted by atomic mass is 15.1. The maximum absolute atomic E-state index is 4.32. The topological polar surface area (TPSA) is 63.6 Å². The van der Waals surface area contributed by atoms with Crippen LogP contribution in [0.5, 0.6) is 0 Å². The molecule has 0 bridgehead atoms. The van der Waals surface area contributed by atoms with E-state index >= 15 is 0 Å². The van der Waals surface area contributed by atoms with Crippen molar-refractivity contribution in [3.63, 3.8) is 0 Å². The zero-order chi connectivity index (χ0) is 12.3. The molecule has 2 aromatic rings. The van der Waals surface area contributed by atoms with Crippen LogP contribution in [0.4, 0.5) is 0 Å².